The van der Waals surface area contributed by atoms with Crippen molar-refractivity contribution in [2.75, 3.05) is 25.4 Å². The van der Waals surface area contributed by atoms with Gasteiger partial charge in [-0.1, -0.05) is 18.2 Å². The highest BCUT2D eigenvalue weighted by molar-refractivity contribution is 5.81. The van der Waals surface area contributed by atoms with E-state index in [1.54, 1.807) is 0 Å². The molecule has 5 nitrogen and oxygen atoms in total. The summed E-state index contributed by atoms with van der Waals surface area (Å²) in [7, 11) is 0. The van der Waals surface area contributed by atoms with Crippen molar-refractivity contribution in [1.29, 1.82) is 0 Å². The highest BCUT2D eigenvalue weighted by Gasteiger charge is 2.24. The van der Waals surface area contributed by atoms with Crippen LogP contribution in [0.3, 0.4) is 0 Å². The van der Waals surface area contributed by atoms with E-state index in [1.807, 2.05) is 31.3 Å². The van der Waals surface area contributed by atoms with Crippen LogP contribution in [0.25, 0.3) is 10.9 Å². The van der Waals surface area contributed by atoms with Crippen molar-refractivity contribution in [3.8, 4) is 0 Å². The standard InChI is InChI=1S/C20H22N4O/c1-14-10-16(21)11-19(23-14)20-13-24(8-9-25-20)12-15-6-7-22-18-5-3-2-4-17(15)18/h2-7,10-11,20H,8-9,12-13H2,1H3,(H2,21,23). The number of nitrogen functional groups attached to an aromatic ring is 1. The molecule has 0 aliphatic carbocycles. The summed E-state index contributed by atoms with van der Waals surface area (Å²) in [5.74, 6) is 0. The van der Waals surface area contributed by atoms with Crippen LogP contribution < -0.4 is 5.73 Å². The Labute approximate surface area is 147 Å². The Morgan fingerprint density at radius 1 is 1.24 bits per heavy atom. The van der Waals surface area contributed by atoms with Crippen molar-refractivity contribution < 1.29 is 4.74 Å². The van der Waals surface area contributed by atoms with E-state index < -0.39 is 0 Å². The molecular weight excluding hydrogens is 312 g/mol. The number of aryl methyl sites for hydroxylation is 1. The lowest BCUT2D eigenvalue weighted by Crippen LogP contribution is -2.38. The number of fused-ring (bicyclic) bond motifs is 1. The number of morpholine rings is 1. The molecule has 0 spiro atoms. The predicted molar refractivity (Wildman–Crippen MR) is 99.1 cm³/mol. The maximum Gasteiger partial charge on any atom is 0.112 e. The number of rotatable bonds is 3. The Kier molecular flexibility index (Phi) is 4.34. The third-order valence-electron chi connectivity index (χ3n) is 4.61. The number of para-hydroxylation sites is 1. The minimum Gasteiger partial charge on any atom is -0.399 e. The Bertz CT molecular complexity index is 870. The molecule has 0 amide bonds. The van der Waals surface area contributed by atoms with E-state index in [9.17, 15) is 0 Å². The quantitative estimate of drug-likeness (QED) is 0.797. The van der Waals surface area contributed by atoms with Gasteiger partial charge in [0, 0.05) is 42.6 Å². The van der Waals surface area contributed by atoms with Crippen molar-refractivity contribution in [2.45, 2.75) is 19.6 Å². The van der Waals surface area contributed by atoms with Crippen LogP contribution in [0.15, 0.2) is 48.7 Å². The number of hydrogen-bond donors (Lipinski definition) is 1. The fourth-order valence-corrected chi connectivity index (χ4v) is 3.45. The second kappa shape index (κ2) is 6.78. The molecule has 0 saturated carbocycles. The maximum atomic E-state index is 5.97. The SMILES string of the molecule is Cc1cc(N)cc(C2CN(Cc3ccnc4ccccc34)CCO2)n1. The lowest BCUT2D eigenvalue weighted by atomic mass is 10.1. The van der Waals surface area contributed by atoms with Crippen molar-refractivity contribution in [3.63, 3.8) is 0 Å². The lowest BCUT2D eigenvalue weighted by molar-refractivity contribution is -0.0349. The topological polar surface area (TPSA) is 64.3 Å². The molecule has 0 bridgehead atoms. The van der Waals surface area contributed by atoms with Crippen LogP contribution >= 0.6 is 0 Å². The highest BCUT2D eigenvalue weighted by Crippen LogP contribution is 2.25. The molecular formula is C20H22N4O. The molecule has 1 atom stereocenters. The van der Waals surface area contributed by atoms with E-state index in [2.05, 4.69) is 39.1 Å². The minimum absolute atomic E-state index is 0.0379. The number of benzene rings is 1. The van der Waals surface area contributed by atoms with Gasteiger partial charge in [-0.25, -0.2) is 0 Å². The molecule has 1 fully saturated rings. The number of hydrogen-bond acceptors (Lipinski definition) is 5. The number of aromatic nitrogens is 2. The first-order chi connectivity index (χ1) is 12.2. The van der Waals surface area contributed by atoms with Gasteiger partial charge in [-0.3, -0.25) is 14.9 Å². The minimum atomic E-state index is -0.0379. The van der Waals surface area contributed by atoms with Gasteiger partial charge >= 0.3 is 0 Å². The molecule has 5 heteroatoms. The zero-order valence-corrected chi connectivity index (χ0v) is 14.4. The summed E-state index contributed by atoms with van der Waals surface area (Å²) in [6.45, 7) is 5.26. The lowest BCUT2D eigenvalue weighted by Gasteiger charge is -2.33. The van der Waals surface area contributed by atoms with Gasteiger partial charge < -0.3 is 10.5 Å². The molecule has 0 radical (unpaired) electrons. The van der Waals surface area contributed by atoms with E-state index in [-0.39, 0.29) is 6.10 Å². The number of ether oxygens (including phenoxy) is 1. The Morgan fingerprint density at radius 2 is 2.12 bits per heavy atom. The summed E-state index contributed by atoms with van der Waals surface area (Å²) in [4.78, 5) is 11.5. The third-order valence-corrected chi connectivity index (χ3v) is 4.61. The number of pyridine rings is 2. The van der Waals surface area contributed by atoms with Crippen LogP contribution in [-0.2, 0) is 11.3 Å². The average Bonchev–Trinajstić information content (AvgIpc) is 2.61. The first-order valence-electron chi connectivity index (χ1n) is 8.60. The molecule has 1 saturated heterocycles. The van der Waals surface area contributed by atoms with Crippen molar-refractivity contribution in [3.05, 3.63) is 65.6 Å². The van der Waals surface area contributed by atoms with Gasteiger partial charge in [0.1, 0.15) is 6.10 Å². The predicted octanol–water partition coefficient (Wildman–Crippen LogP) is 3.09. The largest absolute Gasteiger partial charge is 0.399 e. The van der Waals surface area contributed by atoms with E-state index in [4.69, 9.17) is 10.5 Å². The molecule has 2 aromatic heterocycles. The van der Waals surface area contributed by atoms with Gasteiger partial charge in [0.15, 0.2) is 0 Å². The fraction of sp³-hybridized carbons (Fsp3) is 0.300. The maximum absolute atomic E-state index is 5.97. The second-order valence-electron chi connectivity index (χ2n) is 6.55. The number of nitrogens with two attached hydrogens (primary N) is 1. The summed E-state index contributed by atoms with van der Waals surface area (Å²) in [6.07, 6.45) is 1.85. The van der Waals surface area contributed by atoms with Crippen LogP contribution in [0, 0.1) is 6.92 Å². The second-order valence-corrected chi connectivity index (χ2v) is 6.55. The molecule has 1 aromatic carbocycles. The molecule has 128 valence electrons. The molecule has 25 heavy (non-hydrogen) atoms. The molecule has 3 aromatic rings. The fourth-order valence-electron chi connectivity index (χ4n) is 3.45. The first-order valence-corrected chi connectivity index (χ1v) is 8.60. The molecule has 4 rings (SSSR count). The molecule has 1 aliphatic rings. The summed E-state index contributed by atoms with van der Waals surface area (Å²) in [5, 5.41) is 1.21. The highest BCUT2D eigenvalue weighted by atomic mass is 16.5. The summed E-state index contributed by atoms with van der Waals surface area (Å²) >= 11 is 0. The van der Waals surface area contributed by atoms with Gasteiger partial charge in [-0.15, -0.1) is 0 Å². The van der Waals surface area contributed by atoms with E-state index in [1.165, 1.54) is 10.9 Å². The Morgan fingerprint density at radius 3 is 3.00 bits per heavy atom. The van der Waals surface area contributed by atoms with Gasteiger partial charge in [0.25, 0.3) is 0 Å². The van der Waals surface area contributed by atoms with Gasteiger partial charge in [-0.2, -0.15) is 0 Å². The zero-order chi connectivity index (χ0) is 17.2. The van der Waals surface area contributed by atoms with Crippen LogP contribution in [0.5, 0.6) is 0 Å². The molecule has 2 N–H and O–H groups in total. The molecule has 1 aliphatic heterocycles. The Balaban J connectivity index is 1.55. The van der Waals surface area contributed by atoms with Crippen molar-refractivity contribution in [1.82, 2.24) is 14.9 Å². The zero-order valence-electron chi connectivity index (χ0n) is 14.4. The van der Waals surface area contributed by atoms with Gasteiger partial charge in [0.2, 0.25) is 0 Å². The van der Waals surface area contributed by atoms with Crippen molar-refractivity contribution >= 4 is 16.6 Å². The summed E-state index contributed by atoms with van der Waals surface area (Å²) < 4.78 is 5.96. The Hall–Kier alpha value is -2.50. The summed E-state index contributed by atoms with van der Waals surface area (Å²) in [6, 6.07) is 14.2. The van der Waals surface area contributed by atoms with Crippen LogP contribution in [-0.4, -0.2) is 34.6 Å². The summed E-state index contributed by atoms with van der Waals surface area (Å²) in [5.41, 5.74) is 10.9. The van der Waals surface area contributed by atoms with Crippen molar-refractivity contribution in [2.24, 2.45) is 0 Å². The van der Waals surface area contributed by atoms with Gasteiger partial charge in [-0.05, 0) is 36.8 Å². The van der Waals surface area contributed by atoms with E-state index in [0.29, 0.717) is 6.61 Å². The number of anilines is 1. The van der Waals surface area contributed by atoms with Crippen LogP contribution in [0.4, 0.5) is 5.69 Å². The molecule has 3 heterocycles. The monoisotopic (exact) mass is 334 g/mol. The normalized spacial score (nSPS) is 18.5. The average molecular weight is 334 g/mol. The van der Waals surface area contributed by atoms with Crippen LogP contribution in [0.1, 0.15) is 23.1 Å². The van der Waals surface area contributed by atoms with E-state index >= 15 is 0 Å². The third kappa shape index (κ3) is 3.48. The van der Waals surface area contributed by atoms with Gasteiger partial charge in [0.05, 0.1) is 17.8 Å². The first kappa shape index (κ1) is 16.0. The number of nitrogens with zero attached hydrogens (tertiary/aromatic N) is 3. The van der Waals surface area contributed by atoms with E-state index in [0.717, 1.165) is 42.2 Å². The smallest absolute Gasteiger partial charge is 0.112 e. The van der Waals surface area contributed by atoms with Crippen LogP contribution in [0.2, 0.25) is 0 Å². The molecule has 1 unspecified atom stereocenters.